The Morgan fingerprint density at radius 2 is 2.21 bits per heavy atom. The van der Waals surface area contributed by atoms with Gasteiger partial charge < -0.3 is 16.8 Å². The first-order valence-electron chi connectivity index (χ1n) is 5.69. The molecule has 2 aromatic rings. The van der Waals surface area contributed by atoms with Crippen molar-refractivity contribution in [2.45, 2.75) is 12.8 Å². The smallest absolute Gasteiger partial charge is 0.257 e. The number of aromatic nitrogens is 5. The molecule has 0 fully saturated rings. The van der Waals surface area contributed by atoms with Gasteiger partial charge in [0.15, 0.2) is 0 Å². The maximum atomic E-state index is 10.6. The minimum absolute atomic E-state index is 0.0953. The number of carbonyl (C=O) groups is 1. The fraction of sp³-hybridized carbons (Fsp3) is 0.300. The van der Waals surface area contributed by atoms with Gasteiger partial charge in [0.2, 0.25) is 17.8 Å². The molecule has 0 radical (unpaired) electrons. The number of nitrogens with zero attached hydrogens (tertiary/aromatic N) is 5. The van der Waals surface area contributed by atoms with Gasteiger partial charge in [-0.15, -0.1) is 0 Å². The van der Waals surface area contributed by atoms with Crippen molar-refractivity contribution in [2.24, 2.45) is 5.73 Å². The number of anilines is 2. The highest BCUT2D eigenvalue weighted by atomic mass is 16.1. The highest BCUT2D eigenvalue weighted by molar-refractivity contribution is 5.73. The summed E-state index contributed by atoms with van der Waals surface area (Å²) in [5.41, 5.74) is 10.6. The van der Waals surface area contributed by atoms with E-state index in [1.54, 1.807) is 18.5 Å². The van der Waals surface area contributed by atoms with Crippen LogP contribution >= 0.6 is 0 Å². The van der Waals surface area contributed by atoms with Crippen molar-refractivity contribution < 1.29 is 4.79 Å². The molecule has 19 heavy (non-hydrogen) atoms. The molecule has 0 aromatic carbocycles. The van der Waals surface area contributed by atoms with Crippen LogP contribution in [0.1, 0.15) is 12.8 Å². The number of hydrogen-bond acceptors (Lipinski definition) is 7. The molecule has 5 N–H and O–H groups in total. The van der Waals surface area contributed by atoms with Crippen molar-refractivity contribution in [1.82, 2.24) is 24.7 Å². The summed E-state index contributed by atoms with van der Waals surface area (Å²) in [6.07, 6.45) is 4.21. The van der Waals surface area contributed by atoms with Crippen molar-refractivity contribution in [1.29, 1.82) is 0 Å². The van der Waals surface area contributed by atoms with Gasteiger partial charge in [0.25, 0.3) is 5.95 Å². The lowest BCUT2D eigenvalue weighted by Gasteiger charge is -2.06. The average Bonchev–Trinajstić information content (AvgIpc) is 2.87. The lowest BCUT2D eigenvalue weighted by Crippen LogP contribution is -2.15. The molecule has 100 valence electrons. The molecule has 0 spiro atoms. The standard InChI is InChI=1S/C10H14N8O/c11-7(19)3-1-4-13-9-15-8(12)16-10(17-9)18-6-2-5-14-18/h2,5-6H,1,3-4H2,(H2,11,19)(H3,12,13,15,16,17). The third-order valence-electron chi connectivity index (χ3n) is 2.23. The highest BCUT2D eigenvalue weighted by Gasteiger charge is 2.06. The van der Waals surface area contributed by atoms with Crippen molar-refractivity contribution in [3.63, 3.8) is 0 Å². The Morgan fingerprint density at radius 1 is 1.37 bits per heavy atom. The van der Waals surface area contributed by atoms with E-state index >= 15 is 0 Å². The van der Waals surface area contributed by atoms with Crippen LogP contribution in [0, 0.1) is 0 Å². The molecule has 1 amide bonds. The Labute approximate surface area is 109 Å². The Kier molecular flexibility index (Phi) is 3.86. The van der Waals surface area contributed by atoms with Gasteiger partial charge in [0, 0.05) is 25.4 Å². The zero-order valence-electron chi connectivity index (χ0n) is 10.2. The maximum absolute atomic E-state index is 10.6. The second-order valence-electron chi connectivity index (χ2n) is 3.76. The van der Waals surface area contributed by atoms with E-state index in [9.17, 15) is 4.79 Å². The molecule has 0 unspecified atom stereocenters. The number of rotatable bonds is 6. The first kappa shape index (κ1) is 12.7. The fourth-order valence-electron chi connectivity index (χ4n) is 1.41. The van der Waals surface area contributed by atoms with Crippen LogP contribution in [0.15, 0.2) is 18.5 Å². The Bertz CT molecular complexity index is 553. The van der Waals surface area contributed by atoms with Crippen LogP contribution in [0.4, 0.5) is 11.9 Å². The summed E-state index contributed by atoms with van der Waals surface area (Å²) in [4.78, 5) is 22.7. The van der Waals surface area contributed by atoms with E-state index in [1.807, 2.05) is 0 Å². The number of amides is 1. The van der Waals surface area contributed by atoms with Crippen LogP contribution in [0.2, 0.25) is 0 Å². The molecule has 9 nitrogen and oxygen atoms in total. The van der Waals surface area contributed by atoms with Gasteiger partial charge in [-0.25, -0.2) is 4.68 Å². The Balaban J connectivity index is 2.03. The summed E-state index contributed by atoms with van der Waals surface area (Å²) < 4.78 is 1.48. The predicted octanol–water partition coefficient (Wildman–Crippen LogP) is -0.683. The van der Waals surface area contributed by atoms with E-state index in [2.05, 4.69) is 25.4 Å². The van der Waals surface area contributed by atoms with Gasteiger partial charge in [-0.2, -0.15) is 20.1 Å². The number of nitrogens with one attached hydrogen (secondary N) is 1. The predicted molar refractivity (Wildman–Crippen MR) is 68.3 cm³/mol. The van der Waals surface area contributed by atoms with E-state index in [4.69, 9.17) is 11.5 Å². The summed E-state index contributed by atoms with van der Waals surface area (Å²) in [5, 5.41) is 6.96. The number of nitrogens with two attached hydrogens (primary N) is 2. The highest BCUT2D eigenvalue weighted by Crippen LogP contribution is 2.06. The quantitative estimate of drug-likeness (QED) is 0.586. The van der Waals surface area contributed by atoms with Gasteiger partial charge in [-0.3, -0.25) is 4.79 Å². The van der Waals surface area contributed by atoms with E-state index in [1.165, 1.54) is 4.68 Å². The van der Waals surface area contributed by atoms with Crippen molar-refractivity contribution >= 4 is 17.8 Å². The molecule has 0 aliphatic heterocycles. The average molecular weight is 262 g/mol. The monoisotopic (exact) mass is 262 g/mol. The first-order chi connectivity index (χ1) is 9.15. The molecule has 2 rings (SSSR count). The number of hydrogen-bond donors (Lipinski definition) is 3. The van der Waals surface area contributed by atoms with Gasteiger partial charge in [0.1, 0.15) is 0 Å². The zero-order valence-corrected chi connectivity index (χ0v) is 10.2. The maximum Gasteiger partial charge on any atom is 0.257 e. The van der Waals surface area contributed by atoms with Crippen LogP contribution in [0.3, 0.4) is 0 Å². The second kappa shape index (κ2) is 5.76. The first-order valence-corrected chi connectivity index (χ1v) is 5.69. The fourth-order valence-corrected chi connectivity index (χ4v) is 1.41. The lowest BCUT2D eigenvalue weighted by atomic mass is 10.3. The summed E-state index contributed by atoms with van der Waals surface area (Å²) in [7, 11) is 0. The van der Waals surface area contributed by atoms with Crippen molar-refractivity contribution in [3.05, 3.63) is 18.5 Å². The largest absolute Gasteiger partial charge is 0.370 e. The van der Waals surface area contributed by atoms with Gasteiger partial charge in [-0.1, -0.05) is 0 Å². The zero-order chi connectivity index (χ0) is 13.7. The molecule has 0 aliphatic rings. The molecule has 0 aliphatic carbocycles. The van der Waals surface area contributed by atoms with Crippen LogP contribution in [0.25, 0.3) is 5.95 Å². The third kappa shape index (κ3) is 3.63. The molecule has 0 saturated heterocycles. The third-order valence-corrected chi connectivity index (χ3v) is 2.23. The minimum atomic E-state index is -0.339. The lowest BCUT2D eigenvalue weighted by molar-refractivity contribution is -0.118. The summed E-state index contributed by atoms with van der Waals surface area (Å²) >= 11 is 0. The van der Waals surface area contributed by atoms with E-state index in [0.29, 0.717) is 31.3 Å². The van der Waals surface area contributed by atoms with E-state index in [0.717, 1.165) is 0 Å². The van der Waals surface area contributed by atoms with Crippen LogP contribution in [-0.2, 0) is 4.79 Å². The van der Waals surface area contributed by atoms with Crippen molar-refractivity contribution in [2.75, 3.05) is 17.6 Å². The molecule has 0 bridgehead atoms. The SMILES string of the molecule is NC(=O)CCCNc1nc(N)nc(-n2cccn2)n1. The van der Waals surface area contributed by atoms with Crippen molar-refractivity contribution in [3.8, 4) is 5.95 Å². The van der Waals surface area contributed by atoms with Gasteiger partial charge in [-0.05, 0) is 12.5 Å². The molecular weight excluding hydrogens is 248 g/mol. The molecular formula is C10H14N8O. The Hall–Kier alpha value is -2.71. The number of nitrogen functional groups attached to an aromatic ring is 1. The van der Waals surface area contributed by atoms with E-state index < -0.39 is 0 Å². The summed E-state index contributed by atoms with van der Waals surface area (Å²) in [6.45, 7) is 0.519. The molecule has 0 saturated carbocycles. The number of primary amides is 1. The molecule has 0 atom stereocenters. The van der Waals surface area contributed by atoms with Crippen LogP contribution in [0.5, 0.6) is 0 Å². The van der Waals surface area contributed by atoms with Gasteiger partial charge in [0.05, 0.1) is 0 Å². The topological polar surface area (TPSA) is 138 Å². The Morgan fingerprint density at radius 3 is 2.89 bits per heavy atom. The van der Waals surface area contributed by atoms with Crippen LogP contribution in [-0.4, -0.2) is 37.2 Å². The summed E-state index contributed by atoms with van der Waals surface area (Å²) in [5.74, 6) is 0.421. The molecule has 2 heterocycles. The molecule has 2 aromatic heterocycles. The van der Waals surface area contributed by atoms with E-state index in [-0.39, 0.29) is 11.9 Å². The molecule has 9 heteroatoms. The number of carbonyl (C=O) groups excluding carboxylic acids is 1. The minimum Gasteiger partial charge on any atom is -0.370 e. The normalized spacial score (nSPS) is 10.3. The van der Waals surface area contributed by atoms with Crippen LogP contribution < -0.4 is 16.8 Å². The second-order valence-corrected chi connectivity index (χ2v) is 3.76. The van der Waals surface area contributed by atoms with Gasteiger partial charge >= 0.3 is 0 Å². The summed E-state index contributed by atoms with van der Waals surface area (Å²) in [6, 6.07) is 1.75.